The van der Waals surface area contributed by atoms with Crippen LogP contribution in [0.15, 0.2) is 4.52 Å². The van der Waals surface area contributed by atoms with E-state index in [4.69, 9.17) is 4.52 Å². The van der Waals surface area contributed by atoms with E-state index in [1.165, 1.54) is 7.11 Å². The van der Waals surface area contributed by atoms with E-state index in [9.17, 15) is 4.79 Å². The SMILES string of the molecule is COC(=O)Cc1nc(C2CCNC2)no1. The van der Waals surface area contributed by atoms with Crippen LogP contribution in [0.2, 0.25) is 0 Å². The molecule has 1 saturated heterocycles. The summed E-state index contributed by atoms with van der Waals surface area (Å²) in [5, 5.41) is 7.07. The molecule has 2 heterocycles. The van der Waals surface area contributed by atoms with Gasteiger partial charge in [-0.1, -0.05) is 5.16 Å². The maximum atomic E-state index is 10.9. The van der Waals surface area contributed by atoms with Gasteiger partial charge in [-0.2, -0.15) is 4.98 Å². The zero-order valence-corrected chi connectivity index (χ0v) is 8.52. The van der Waals surface area contributed by atoms with Crippen LogP contribution in [0.3, 0.4) is 0 Å². The highest BCUT2D eigenvalue weighted by atomic mass is 16.5. The summed E-state index contributed by atoms with van der Waals surface area (Å²) in [6, 6.07) is 0. The number of carbonyl (C=O) groups is 1. The van der Waals surface area contributed by atoms with Crippen molar-refractivity contribution in [3.05, 3.63) is 11.7 Å². The molecule has 15 heavy (non-hydrogen) atoms. The molecule has 1 N–H and O–H groups in total. The smallest absolute Gasteiger partial charge is 0.315 e. The van der Waals surface area contributed by atoms with Crippen molar-refractivity contribution < 1.29 is 14.1 Å². The molecule has 0 aliphatic carbocycles. The van der Waals surface area contributed by atoms with Gasteiger partial charge in [-0.25, -0.2) is 0 Å². The number of ether oxygens (including phenoxy) is 1. The van der Waals surface area contributed by atoms with E-state index in [0.717, 1.165) is 19.5 Å². The summed E-state index contributed by atoms with van der Waals surface area (Å²) in [5.41, 5.74) is 0. The van der Waals surface area contributed by atoms with E-state index >= 15 is 0 Å². The van der Waals surface area contributed by atoms with Gasteiger partial charge in [0.1, 0.15) is 6.42 Å². The van der Waals surface area contributed by atoms with Crippen LogP contribution in [-0.4, -0.2) is 36.3 Å². The zero-order valence-electron chi connectivity index (χ0n) is 8.52. The highest BCUT2D eigenvalue weighted by molar-refractivity contribution is 5.71. The average molecular weight is 211 g/mol. The quantitative estimate of drug-likeness (QED) is 0.701. The van der Waals surface area contributed by atoms with E-state index in [0.29, 0.717) is 17.6 Å². The number of hydrogen-bond acceptors (Lipinski definition) is 6. The van der Waals surface area contributed by atoms with Gasteiger partial charge in [0, 0.05) is 12.5 Å². The Hall–Kier alpha value is -1.43. The van der Waals surface area contributed by atoms with Crippen LogP contribution in [0.25, 0.3) is 0 Å². The Morgan fingerprint density at radius 2 is 2.60 bits per heavy atom. The molecule has 6 heteroatoms. The standard InChI is InChI=1S/C9H13N3O3/c1-14-8(13)4-7-11-9(12-15-7)6-2-3-10-5-6/h6,10H,2-5H2,1H3. The molecular formula is C9H13N3O3. The highest BCUT2D eigenvalue weighted by Crippen LogP contribution is 2.19. The summed E-state index contributed by atoms with van der Waals surface area (Å²) in [6.07, 6.45) is 1.06. The fourth-order valence-corrected chi connectivity index (χ4v) is 1.58. The van der Waals surface area contributed by atoms with Crippen molar-refractivity contribution in [1.29, 1.82) is 0 Å². The first kappa shape index (κ1) is 10.1. The molecule has 6 nitrogen and oxygen atoms in total. The molecule has 1 unspecified atom stereocenters. The van der Waals surface area contributed by atoms with Gasteiger partial charge >= 0.3 is 5.97 Å². The third kappa shape index (κ3) is 2.33. The van der Waals surface area contributed by atoms with Crippen LogP contribution in [0.1, 0.15) is 24.1 Å². The second-order valence-corrected chi connectivity index (χ2v) is 3.49. The number of methoxy groups -OCH3 is 1. The largest absolute Gasteiger partial charge is 0.469 e. The minimum Gasteiger partial charge on any atom is -0.469 e. The van der Waals surface area contributed by atoms with Crippen LogP contribution < -0.4 is 5.32 Å². The maximum absolute atomic E-state index is 10.9. The van der Waals surface area contributed by atoms with Gasteiger partial charge in [-0.3, -0.25) is 4.79 Å². The molecule has 0 spiro atoms. The van der Waals surface area contributed by atoms with Crippen LogP contribution >= 0.6 is 0 Å². The molecule has 0 amide bonds. The van der Waals surface area contributed by atoms with Crippen molar-refractivity contribution in [2.45, 2.75) is 18.8 Å². The molecule has 0 bridgehead atoms. The third-order valence-electron chi connectivity index (χ3n) is 2.43. The second kappa shape index (κ2) is 4.39. The van der Waals surface area contributed by atoms with Gasteiger partial charge in [0.05, 0.1) is 7.11 Å². The number of esters is 1. The minimum atomic E-state index is -0.366. The Balaban J connectivity index is 2.00. The van der Waals surface area contributed by atoms with Gasteiger partial charge in [0.15, 0.2) is 5.82 Å². The van der Waals surface area contributed by atoms with E-state index in [-0.39, 0.29) is 12.4 Å². The highest BCUT2D eigenvalue weighted by Gasteiger charge is 2.22. The molecule has 1 aliphatic heterocycles. The van der Waals surface area contributed by atoms with Gasteiger partial charge in [0.2, 0.25) is 5.89 Å². The molecule has 1 fully saturated rings. The number of hydrogen-bond donors (Lipinski definition) is 1. The molecular weight excluding hydrogens is 198 g/mol. The van der Waals surface area contributed by atoms with E-state index < -0.39 is 0 Å². The van der Waals surface area contributed by atoms with Gasteiger partial charge < -0.3 is 14.6 Å². The number of aromatic nitrogens is 2. The average Bonchev–Trinajstić information content (AvgIpc) is 2.85. The van der Waals surface area contributed by atoms with Crippen molar-refractivity contribution in [3.8, 4) is 0 Å². The predicted molar refractivity (Wildman–Crippen MR) is 50.2 cm³/mol. The molecule has 0 radical (unpaired) electrons. The van der Waals surface area contributed by atoms with Crippen LogP contribution in [0.4, 0.5) is 0 Å². The van der Waals surface area contributed by atoms with Crippen LogP contribution in [0.5, 0.6) is 0 Å². The lowest BCUT2D eigenvalue weighted by Crippen LogP contribution is -2.09. The van der Waals surface area contributed by atoms with Gasteiger partial charge in [-0.15, -0.1) is 0 Å². The van der Waals surface area contributed by atoms with Crippen molar-refractivity contribution in [1.82, 2.24) is 15.5 Å². The van der Waals surface area contributed by atoms with Crippen molar-refractivity contribution in [2.24, 2.45) is 0 Å². The lowest BCUT2D eigenvalue weighted by molar-refractivity contribution is -0.140. The molecule has 82 valence electrons. The second-order valence-electron chi connectivity index (χ2n) is 3.49. The van der Waals surface area contributed by atoms with Gasteiger partial charge in [-0.05, 0) is 13.0 Å². The topological polar surface area (TPSA) is 77.2 Å². The Morgan fingerprint density at radius 3 is 3.27 bits per heavy atom. The van der Waals surface area contributed by atoms with Crippen LogP contribution in [0, 0.1) is 0 Å². The Bertz CT molecular complexity index is 344. The fraction of sp³-hybridized carbons (Fsp3) is 0.667. The van der Waals surface area contributed by atoms with Crippen molar-refractivity contribution >= 4 is 5.97 Å². The summed E-state index contributed by atoms with van der Waals surface area (Å²) in [5.74, 6) is 0.942. The Labute approximate surface area is 87.0 Å². The number of nitrogens with one attached hydrogen (secondary N) is 1. The molecule has 2 rings (SSSR count). The monoisotopic (exact) mass is 211 g/mol. The maximum Gasteiger partial charge on any atom is 0.315 e. The molecule has 1 aromatic heterocycles. The Morgan fingerprint density at radius 1 is 1.73 bits per heavy atom. The lowest BCUT2D eigenvalue weighted by atomic mass is 10.1. The summed E-state index contributed by atoms with van der Waals surface area (Å²) in [7, 11) is 1.33. The van der Waals surface area contributed by atoms with Crippen LogP contribution in [-0.2, 0) is 16.0 Å². The summed E-state index contributed by atoms with van der Waals surface area (Å²) in [4.78, 5) is 15.1. The Kier molecular flexibility index (Phi) is 2.96. The van der Waals surface area contributed by atoms with Gasteiger partial charge in [0.25, 0.3) is 0 Å². The summed E-state index contributed by atoms with van der Waals surface area (Å²) in [6.45, 7) is 1.85. The summed E-state index contributed by atoms with van der Waals surface area (Å²) < 4.78 is 9.47. The molecule has 1 aromatic rings. The normalized spacial score (nSPS) is 20.5. The number of carbonyl (C=O) groups excluding carboxylic acids is 1. The lowest BCUT2D eigenvalue weighted by Gasteiger charge is -1.98. The molecule has 1 atom stereocenters. The molecule has 0 saturated carbocycles. The molecule has 1 aliphatic rings. The minimum absolute atomic E-state index is 0.0453. The molecule has 0 aromatic carbocycles. The van der Waals surface area contributed by atoms with Crippen molar-refractivity contribution in [3.63, 3.8) is 0 Å². The van der Waals surface area contributed by atoms with E-state index in [2.05, 4.69) is 20.2 Å². The fourth-order valence-electron chi connectivity index (χ4n) is 1.58. The summed E-state index contributed by atoms with van der Waals surface area (Å²) >= 11 is 0. The van der Waals surface area contributed by atoms with Crippen molar-refractivity contribution in [2.75, 3.05) is 20.2 Å². The first-order valence-corrected chi connectivity index (χ1v) is 4.89. The predicted octanol–water partition coefficient (Wildman–Crippen LogP) is -0.138. The number of nitrogens with zero attached hydrogens (tertiary/aromatic N) is 2. The number of rotatable bonds is 3. The first-order valence-electron chi connectivity index (χ1n) is 4.89. The van der Waals surface area contributed by atoms with E-state index in [1.54, 1.807) is 0 Å². The first-order chi connectivity index (χ1) is 7.29. The van der Waals surface area contributed by atoms with E-state index in [1.807, 2.05) is 0 Å². The zero-order chi connectivity index (χ0) is 10.7. The third-order valence-corrected chi connectivity index (χ3v) is 2.43.